The van der Waals surface area contributed by atoms with Gasteiger partial charge < -0.3 is 9.47 Å². The molecule has 4 rings (SSSR count). The molecular weight excluding hydrogens is 368 g/mol. The smallest absolute Gasteiger partial charge is 0.283 e. The summed E-state index contributed by atoms with van der Waals surface area (Å²) >= 11 is 5.94. The Kier molecular flexibility index (Phi) is 4.66. The van der Waals surface area contributed by atoms with Gasteiger partial charge in [-0.25, -0.2) is 0 Å². The molecule has 1 aliphatic carbocycles. The monoisotopic (exact) mass is 386 g/mol. The number of nitrogens with one attached hydrogen (secondary N) is 2. The lowest BCUT2D eigenvalue weighted by Gasteiger charge is -2.40. The number of carbonyl (C=O) groups excluding carboxylic acids is 2. The lowest BCUT2D eigenvalue weighted by molar-refractivity contribution is -0.138. The average molecular weight is 387 g/mol. The number of hydrogen-bond acceptors (Lipinski definition) is 4. The summed E-state index contributed by atoms with van der Waals surface area (Å²) in [4.78, 5) is 25.2. The summed E-state index contributed by atoms with van der Waals surface area (Å²) in [5.41, 5.74) is 5.29. The van der Waals surface area contributed by atoms with Gasteiger partial charge in [0.1, 0.15) is 6.61 Å². The first-order chi connectivity index (χ1) is 13.1. The molecule has 1 saturated carbocycles. The molecule has 2 N–H and O–H groups in total. The Bertz CT molecular complexity index is 865. The van der Waals surface area contributed by atoms with Crippen molar-refractivity contribution in [1.29, 1.82) is 0 Å². The number of hydrazine groups is 1. The molecule has 0 saturated heterocycles. The molecule has 7 heteroatoms. The van der Waals surface area contributed by atoms with Crippen LogP contribution in [0.2, 0.25) is 5.02 Å². The van der Waals surface area contributed by atoms with Gasteiger partial charge in [0, 0.05) is 5.02 Å². The number of carbonyl (C=O) groups is 2. The van der Waals surface area contributed by atoms with E-state index in [1.165, 1.54) is 0 Å². The first-order valence-corrected chi connectivity index (χ1v) is 9.21. The van der Waals surface area contributed by atoms with E-state index in [4.69, 9.17) is 21.1 Å². The van der Waals surface area contributed by atoms with E-state index in [0.29, 0.717) is 16.5 Å². The van der Waals surface area contributed by atoms with E-state index in [0.717, 1.165) is 24.8 Å². The quantitative estimate of drug-likeness (QED) is 0.795. The van der Waals surface area contributed by atoms with Crippen molar-refractivity contribution in [2.75, 3.05) is 6.61 Å². The van der Waals surface area contributed by atoms with E-state index in [1.54, 1.807) is 30.3 Å². The van der Waals surface area contributed by atoms with Crippen molar-refractivity contribution in [3.8, 4) is 11.5 Å². The van der Waals surface area contributed by atoms with Gasteiger partial charge in [0.15, 0.2) is 11.5 Å². The highest BCUT2D eigenvalue weighted by molar-refractivity contribution is 6.30. The molecule has 0 spiro atoms. The normalized spacial score (nSPS) is 19.5. The topological polar surface area (TPSA) is 76.7 Å². The van der Waals surface area contributed by atoms with Crippen LogP contribution in [0.3, 0.4) is 0 Å². The molecule has 2 aromatic rings. The van der Waals surface area contributed by atoms with Crippen LogP contribution in [-0.2, 0) is 15.0 Å². The first kappa shape index (κ1) is 17.7. The predicted octanol–water partition coefficient (Wildman–Crippen LogP) is 2.75. The van der Waals surface area contributed by atoms with E-state index in [9.17, 15) is 9.59 Å². The molecule has 2 aromatic carbocycles. The summed E-state index contributed by atoms with van der Waals surface area (Å²) < 4.78 is 11.2. The van der Waals surface area contributed by atoms with Crippen molar-refractivity contribution in [3.05, 3.63) is 59.1 Å². The Morgan fingerprint density at radius 1 is 1.00 bits per heavy atom. The maximum Gasteiger partial charge on any atom is 0.283 e. The third-order valence-electron chi connectivity index (χ3n) is 5.14. The Hall–Kier alpha value is -2.73. The number of fused-ring (bicyclic) bond motifs is 1. The van der Waals surface area contributed by atoms with Crippen LogP contribution in [0.25, 0.3) is 0 Å². The fourth-order valence-corrected chi connectivity index (χ4v) is 3.54. The number of halogens is 1. The van der Waals surface area contributed by atoms with Crippen LogP contribution in [0.15, 0.2) is 48.5 Å². The third kappa shape index (κ3) is 3.32. The van der Waals surface area contributed by atoms with Gasteiger partial charge in [0.25, 0.3) is 5.91 Å². The Morgan fingerprint density at radius 3 is 2.37 bits per heavy atom. The van der Waals surface area contributed by atoms with Crippen LogP contribution < -0.4 is 20.3 Å². The molecule has 1 heterocycles. The van der Waals surface area contributed by atoms with Gasteiger partial charge in [0.2, 0.25) is 12.0 Å². The zero-order chi connectivity index (χ0) is 18.9. The number of para-hydroxylation sites is 2. The molecule has 1 aliphatic heterocycles. The SMILES string of the molecule is O=C(NNC(=O)C1(c2ccc(Cl)cc2)CCC1)C1COc2ccccc2O1. The Morgan fingerprint density at radius 2 is 1.70 bits per heavy atom. The summed E-state index contributed by atoms with van der Waals surface area (Å²) in [6, 6.07) is 14.4. The first-order valence-electron chi connectivity index (χ1n) is 8.83. The third-order valence-corrected chi connectivity index (χ3v) is 5.39. The number of amides is 2. The van der Waals surface area contributed by atoms with Crippen LogP contribution in [-0.4, -0.2) is 24.5 Å². The lowest BCUT2D eigenvalue weighted by atomic mass is 9.64. The highest BCUT2D eigenvalue weighted by atomic mass is 35.5. The molecule has 1 unspecified atom stereocenters. The van der Waals surface area contributed by atoms with Gasteiger partial charge in [-0.2, -0.15) is 0 Å². The Labute approximate surface area is 161 Å². The molecule has 2 amide bonds. The zero-order valence-corrected chi connectivity index (χ0v) is 15.3. The molecule has 6 nitrogen and oxygen atoms in total. The zero-order valence-electron chi connectivity index (χ0n) is 14.5. The Balaban J connectivity index is 1.39. The fraction of sp³-hybridized carbons (Fsp3) is 0.300. The van der Waals surface area contributed by atoms with Gasteiger partial charge in [-0.3, -0.25) is 20.4 Å². The van der Waals surface area contributed by atoms with Gasteiger partial charge in [0.05, 0.1) is 5.41 Å². The number of rotatable bonds is 3. The fourth-order valence-electron chi connectivity index (χ4n) is 3.41. The van der Waals surface area contributed by atoms with E-state index < -0.39 is 17.4 Å². The van der Waals surface area contributed by atoms with Crippen LogP contribution in [0.4, 0.5) is 0 Å². The molecule has 27 heavy (non-hydrogen) atoms. The minimum atomic E-state index is -0.826. The molecule has 140 valence electrons. The van der Waals surface area contributed by atoms with Gasteiger partial charge in [-0.1, -0.05) is 42.3 Å². The molecule has 0 aromatic heterocycles. The molecule has 0 radical (unpaired) electrons. The van der Waals surface area contributed by atoms with E-state index in [-0.39, 0.29) is 12.5 Å². The molecule has 0 bridgehead atoms. The van der Waals surface area contributed by atoms with E-state index >= 15 is 0 Å². The predicted molar refractivity (Wildman–Crippen MR) is 99.6 cm³/mol. The summed E-state index contributed by atoms with van der Waals surface area (Å²) in [5.74, 6) is 0.415. The van der Waals surface area contributed by atoms with Crippen molar-refractivity contribution in [2.24, 2.45) is 0 Å². The average Bonchev–Trinajstić information content (AvgIpc) is 2.66. The minimum absolute atomic E-state index is 0.0844. The largest absolute Gasteiger partial charge is 0.485 e. The second-order valence-corrected chi connectivity index (χ2v) is 7.19. The van der Waals surface area contributed by atoms with Crippen LogP contribution in [0.5, 0.6) is 11.5 Å². The molecular formula is C20H19ClN2O4. The van der Waals surface area contributed by atoms with Crippen molar-refractivity contribution in [2.45, 2.75) is 30.8 Å². The van der Waals surface area contributed by atoms with E-state index in [2.05, 4.69) is 10.9 Å². The summed E-state index contributed by atoms with van der Waals surface area (Å²) in [7, 11) is 0. The van der Waals surface area contributed by atoms with Crippen molar-refractivity contribution in [1.82, 2.24) is 10.9 Å². The highest BCUT2D eigenvalue weighted by Crippen LogP contribution is 2.44. The summed E-state index contributed by atoms with van der Waals surface area (Å²) in [5, 5.41) is 0.622. The van der Waals surface area contributed by atoms with Crippen LogP contribution in [0.1, 0.15) is 24.8 Å². The number of hydrogen-bond donors (Lipinski definition) is 2. The second-order valence-electron chi connectivity index (χ2n) is 6.75. The van der Waals surface area contributed by atoms with Crippen molar-refractivity contribution >= 4 is 23.4 Å². The minimum Gasteiger partial charge on any atom is -0.485 e. The van der Waals surface area contributed by atoms with E-state index in [1.807, 2.05) is 18.2 Å². The summed E-state index contributed by atoms with van der Waals surface area (Å²) in [6.45, 7) is 0.0844. The lowest BCUT2D eigenvalue weighted by Crippen LogP contribution is -2.57. The molecule has 1 atom stereocenters. The summed E-state index contributed by atoms with van der Waals surface area (Å²) in [6.07, 6.45) is 1.59. The van der Waals surface area contributed by atoms with Crippen molar-refractivity contribution < 1.29 is 19.1 Å². The maximum absolute atomic E-state index is 12.8. The molecule has 1 fully saturated rings. The maximum atomic E-state index is 12.8. The number of ether oxygens (including phenoxy) is 2. The van der Waals surface area contributed by atoms with Crippen LogP contribution >= 0.6 is 11.6 Å². The molecule has 2 aliphatic rings. The highest BCUT2D eigenvalue weighted by Gasteiger charge is 2.46. The standard InChI is InChI=1S/C20H19ClN2O4/c21-14-8-6-13(7-9-14)20(10-3-11-20)19(25)23-22-18(24)17-12-26-15-4-1-2-5-16(15)27-17/h1-2,4-9,17H,3,10-12H2,(H,22,24)(H,23,25). The van der Waals surface area contributed by atoms with Gasteiger partial charge in [-0.05, 0) is 42.7 Å². The van der Waals surface area contributed by atoms with Gasteiger partial charge in [-0.15, -0.1) is 0 Å². The van der Waals surface area contributed by atoms with Gasteiger partial charge >= 0.3 is 0 Å². The van der Waals surface area contributed by atoms with Crippen molar-refractivity contribution in [3.63, 3.8) is 0 Å². The second kappa shape index (κ2) is 7.12. The number of benzene rings is 2. The van der Waals surface area contributed by atoms with Crippen LogP contribution in [0, 0.1) is 0 Å².